The molecule has 0 radical (unpaired) electrons. The Morgan fingerprint density at radius 1 is 1.44 bits per heavy atom. The molecule has 0 saturated carbocycles. The minimum absolute atomic E-state index is 0.146. The second kappa shape index (κ2) is 4.00. The Morgan fingerprint density at radius 2 is 2.19 bits per heavy atom. The molecule has 0 aliphatic heterocycles. The number of ether oxygens (including phenoxy) is 1. The third-order valence-electron chi connectivity index (χ3n) is 2.87. The fraction of sp³-hybridized carbons (Fsp3) is 0.308. The van der Waals surface area contributed by atoms with Crippen LogP contribution in [0.15, 0.2) is 18.2 Å². The normalized spacial score (nSPS) is 10.7. The molecule has 0 unspecified atom stereocenters. The molecule has 0 aliphatic carbocycles. The van der Waals surface area contributed by atoms with Crippen LogP contribution < -0.4 is 4.74 Å². The number of aromatic nitrogens is 1. The lowest BCUT2D eigenvalue weighted by atomic mass is 10.1. The predicted molar refractivity (Wildman–Crippen MR) is 64.2 cm³/mol. The maximum Gasteiger partial charge on any atom is 0.179 e. The molecule has 2 aromatic rings. The number of Topliss-reactive ketones (excluding diaryl/α,β-unsaturated/α-hetero) is 1. The van der Waals surface area contributed by atoms with E-state index in [2.05, 4.69) is 4.98 Å². The summed E-state index contributed by atoms with van der Waals surface area (Å²) in [5, 5.41) is 1.05. The fourth-order valence-electron chi connectivity index (χ4n) is 1.89. The van der Waals surface area contributed by atoms with Crippen molar-refractivity contribution in [2.24, 2.45) is 0 Å². The van der Waals surface area contributed by atoms with Crippen molar-refractivity contribution in [3.8, 4) is 5.75 Å². The molecule has 0 aliphatic rings. The van der Waals surface area contributed by atoms with Crippen molar-refractivity contribution in [1.29, 1.82) is 0 Å². The second-order valence-corrected chi connectivity index (χ2v) is 3.81. The molecule has 0 spiro atoms. The molecule has 1 aromatic carbocycles. The van der Waals surface area contributed by atoms with Gasteiger partial charge in [-0.05, 0) is 30.7 Å². The van der Waals surface area contributed by atoms with E-state index < -0.39 is 0 Å². The Morgan fingerprint density at radius 3 is 2.81 bits per heavy atom. The van der Waals surface area contributed by atoms with Gasteiger partial charge in [-0.15, -0.1) is 0 Å². The van der Waals surface area contributed by atoms with Crippen molar-refractivity contribution in [1.82, 2.24) is 4.98 Å². The second-order valence-electron chi connectivity index (χ2n) is 3.81. The quantitative estimate of drug-likeness (QED) is 0.803. The summed E-state index contributed by atoms with van der Waals surface area (Å²) in [5.74, 6) is 0.956. The van der Waals surface area contributed by atoms with E-state index in [0.29, 0.717) is 12.1 Å². The molecule has 3 nitrogen and oxygen atoms in total. The molecule has 0 bridgehead atoms. The Hall–Kier alpha value is -1.77. The summed E-state index contributed by atoms with van der Waals surface area (Å²) in [7, 11) is 1.64. The van der Waals surface area contributed by atoms with Gasteiger partial charge in [-0.25, -0.2) is 0 Å². The summed E-state index contributed by atoms with van der Waals surface area (Å²) < 4.78 is 5.17. The van der Waals surface area contributed by atoms with Gasteiger partial charge in [0.25, 0.3) is 0 Å². The van der Waals surface area contributed by atoms with Gasteiger partial charge in [-0.3, -0.25) is 4.79 Å². The minimum Gasteiger partial charge on any atom is -0.497 e. The van der Waals surface area contributed by atoms with Gasteiger partial charge in [0, 0.05) is 17.3 Å². The molecule has 1 N–H and O–H groups in total. The molecule has 84 valence electrons. The summed E-state index contributed by atoms with van der Waals surface area (Å²) in [5.41, 5.74) is 2.70. The maximum absolute atomic E-state index is 11.7. The number of ketones is 1. The van der Waals surface area contributed by atoms with Gasteiger partial charge in [-0.2, -0.15) is 0 Å². The molecular weight excluding hydrogens is 202 g/mol. The average molecular weight is 217 g/mol. The van der Waals surface area contributed by atoms with E-state index in [1.54, 1.807) is 7.11 Å². The Labute approximate surface area is 94.4 Å². The average Bonchev–Trinajstić information content (AvgIpc) is 2.65. The zero-order valence-corrected chi connectivity index (χ0v) is 9.76. The van der Waals surface area contributed by atoms with E-state index in [1.165, 1.54) is 0 Å². The number of methoxy groups -OCH3 is 1. The number of hydrogen-bond donors (Lipinski definition) is 1. The number of aromatic amines is 1. The highest BCUT2D eigenvalue weighted by atomic mass is 16.5. The third kappa shape index (κ3) is 1.58. The van der Waals surface area contributed by atoms with Crippen molar-refractivity contribution >= 4 is 16.7 Å². The van der Waals surface area contributed by atoms with Gasteiger partial charge >= 0.3 is 0 Å². The molecule has 0 saturated heterocycles. The van der Waals surface area contributed by atoms with Crippen LogP contribution in [0.2, 0.25) is 0 Å². The van der Waals surface area contributed by atoms with Gasteiger partial charge in [0.2, 0.25) is 0 Å². The molecule has 0 fully saturated rings. The first kappa shape index (κ1) is 10.7. The van der Waals surface area contributed by atoms with Crippen LogP contribution in [0.25, 0.3) is 10.9 Å². The van der Waals surface area contributed by atoms with Crippen LogP contribution in [-0.4, -0.2) is 17.9 Å². The van der Waals surface area contributed by atoms with E-state index in [1.807, 2.05) is 32.0 Å². The van der Waals surface area contributed by atoms with E-state index in [-0.39, 0.29) is 5.78 Å². The van der Waals surface area contributed by atoms with E-state index in [0.717, 1.165) is 22.2 Å². The first-order valence-electron chi connectivity index (χ1n) is 5.37. The fourth-order valence-corrected chi connectivity index (χ4v) is 1.89. The Balaban J connectivity index is 2.64. The first-order valence-corrected chi connectivity index (χ1v) is 5.37. The summed E-state index contributed by atoms with van der Waals surface area (Å²) in [6.07, 6.45) is 0.519. The lowest BCUT2D eigenvalue weighted by Gasteiger charge is -1.99. The third-order valence-corrected chi connectivity index (χ3v) is 2.87. The SMILES string of the molecule is CCC(=O)c1[nH]c2ccc(OC)cc2c1C. The molecule has 0 amide bonds. The minimum atomic E-state index is 0.146. The van der Waals surface area contributed by atoms with Crippen LogP contribution in [0, 0.1) is 6.92 Å². The van der Waals surface area contributed by atoms with Crippen molar-refractivity contribution in [2.45, 2.75) is 20.3 Å². The smallest absolute Gasteiger partial charge is 0.179 e. The van der Waals surface area contributed by atoms with E-state index in [4.69, 9.17) is 4.74 Å². The highest BCUT2D eigenvalue weighted by Crippen LogP contribution is 2.26. The van der Waals surface area contributed by atoms with Crippen LogP contribution in [-0.2, 0) is 0 Å². The number of carbonyl (C=O) groups is 1. The van der Waals surface area contributed by atoms with Crippen LogP contribution in [0.3, 0.4) is 0 Å². The van der Waals surface area contributed by atoms with Crippen LogP contribution >= 0.6 is 0 Å². The summed E-state index contributed by atoms with van der Waals surface area (Å²) in [6, 6.07) is 5.78. The maximum atomic E-state index is 11.7. The standard InChI is InChI=1S/C13H15NO2/c1-4-12(15)13-8(2)10-7-9(16-3)5-6-11(10)14-13/h5-7,14H,4H2,1-3H3. The topological polar surface area (TPSA) is 42.1 Å². The van der Waals surface area contributed by atoms with Gasteiger partial charge in [0.15, 0.2) is 5.78 Å². The number of nitrogens with one attached hydrogen (secondary N) is 1. The van der Waals surface area contributed by atoms with Crippen molar-refractivity contribution in [2.75, 3.05) is 7.11 Å². The van der Waals surface area contributed by atoms with Crippen LogP contribution in [0.4, 0.5) is 0 Å². The Bertz CT molecular complexity index is 540. The molecule has 2 rings (SSSR count). The molecular formula is C13H15NO2. The van der Waals surface area contributed by atoms with Crippen molar-refractivity contribution in [3.63, 3.8) is 0 Å². The van der Waals surface area contributed by atoms with Gasteiger partial charge in [0.05, 0.1) is 12.8 Å². The van der Waals surface area contributed by atoms with E-state index >= 15 is 0 Å². The predicted octanol–water partition coefficient (Wildman–Crippen LogP) is 3.08. The Kier molecular flexibility index (Phi) is 2.69. The van der Waals surface area contributed by atoms with Crippen LogP contribution in [0.5, 0.6) is 5.75 Å². The number of rotatable bonds is 3. The van der Waals surface area contributed by atoms with Gasteiger partial charge in [-0.1, -0.05) is 6.92 Å². The van der Waals surface area contributed by atoms with Crippen molar-refractivity contribution in [3.05, 3.63) is 29.5 Å². The highest BCUT2D eigenvalue weighted by Gasteiger charge is 2.13. The molecule has 16 heavy (non-hydrogen) atoms. The molecule has 1 heterocycles. The van der Waals surface area contributed by atoms with Gasteiger partial charge < -0.3 is 9.72 Å². The number of hydrogen-bond acceptors (Lipinski definition) is 2. The van der Waals surface area contributed by atoms with E-state index in [9.17, 15) is 4.79 Å². The number of H-pyrrole nitrogens is 1. The number of benzene rings is 1. The van der Waals surface area contributed by atoms with Crippen molar-refractivity contribution < 1.29 is 9.53 Å². The summed E-state index contributed by atoms with van der Waals surface area (Å²) in [6.45, 7) is 3.83. The molecule has 3 heteroatoms. The number of fused-ring (bicyclic) bond motifs is 1. The van der Waals surface area contributed by atoms with Crippen LogP contribution in [0.1, 0.15) is 29.4 Å². The van der Waals surface area contributed by atoms with Gasteiger partial charge in [0.1, 0.15) is 5.75 Å². The molecule has 1 aromatic heterocycles. The number of carbonyl (C=O) groups excluding carboxylic acids is 1. The lowest BCUT2D eigenvalue weighted by Crippen LogP contribution is -1.98. The zero-order valence-electron chi connectivity index (χ0n) is 9.76. The monoisotopic (exact) mass is 217 g/mol. The zero-order chi connectivity index (χ0) is 11.7. The summed E-state index contributed by atoms with van der Waals surface area (Å²) in [4.78, 5) is 14.9. The lowest BCUT2D eigenvalue weighted by molar-refractivity contribution is 0.0983. The number of aryl methyl sites for hydroxylation is 1. The molecule has 0 atom stereocenters. The largest absolute Gasteiger partial charge is 0.497 e. The highest BCUT2D eigenvalue weighted by molar-refractivity contribution is 6.02. The summed E-state index contributed by atoms with van der Waals surface area (Å²) >= 11 is 0. The first-order chi connectivity index (χ1) is 7.67.